The van der Waals surface area contributed by atoms with E-state index in [0.29, 0.717) is 0 Å². The molecule has 0 bridgehead atoms. The summed E-state index contributed by atoms with van der Waals surface area (Å²) in [6.45, 7) is 1.83. The molecule has 0 saturated carbocycles. The fraction of sp³-hybridized carbons (Fsp3) is 0.200. The van der Waals surface area contributed by atoms with Gasteiger partial charge in [-0.1, -0.05) is 6.07 Å². The van der Waals surface area contributed by atoms with E-state index in [1.54, 1.807) is 6.20 Å². The molecule has 2 rings (SSSR count). The summed E-state index contributed by atoms with van der Waals surface area (Å²) in [5, 5.41) is 8.76. The van der Waals surface area contributed by atoms with Gasteiger partial charge in [0.15, 0.2) is 0 Å². The lowest BCUT2D eigenvalue weighted by molar-refractivity contribution is 0.0929. The quantitative estimate of drug-likeness (QED) is 0.703. The van der Waals surface area contributed by atoms with Crippen LogP contribution >= 0.6 is 0 Å². The van der Waals surface area contributed by atoms with Gasteiger partial charge in [-0.05, 0) is 19.1 Å². The normalized spacial score (nSPS) is 12.1. The fourth-order valence-electron chi connectivity index (χ4n) is 1.35. The van der Waals surface area contributed by atoms with Crippen LogP contribution in [0.4, 0.5) is 5.95 Å². The third kappa shape index (κ3) is 2.57. The van der Waals surface area contributed by atoms with E-state index in [4.69, 9.17) is 5.73 Å². The minimum atomic E-state index is -0.368. The zero-order valence-corrected chi connectivity index (χ0v) is 9.21. The number of amides is 1. The Balaban J connectivity index is 2.04. The second-order valence-corrected chi connectivity index (χ2v) is 3.49. The molecule has 7 nitrogen and oxygen atoms in total. The fourth-order valence-corrected chi connectivity index (χ4v) is 1.35. The van der Waals surface area contributed by atoms with Crippen molar-refractivity contribution in [1.82, 2.24) is 25.5 Å². The van der Waals surface area contributed by atoms with E-state index >= 15 is 0 Å². The van der Waals surface area contributed by atoms with Gasteiger partial charge in [-0.25, -0.2) is 0 Å². The summed E-state index contributed by atoms with van der Waals surface area (Å²) in [4.78, 5) is 19.6. The van der Waals surface area contributed by atoms with Crippen molar-refractivity contribution in [2.75, 3.05) is 5.73 Å². The summed E-state index contributed by atoms with van der Waals surface area (Å²) < 4.78 is 0. The Hall–Kier alpha value is -2.44. The number of nitrogens with zero attached hydrogens (tertiary/aromatic N) is 3. The second kappa shape index (κ2) is 4.60. The van der Waals surface area contributed by atoms with Gasteiger partial charge in [-0.3, -0.25) is 14.9 Å². The van der Waals surface area contributed by atoms with Gasteiger partial charge >= 0.3 is 0 Å². The molecule has 1 amide bonds. The van der Waals surface area contributed by atoms with Crippen LogP contribution in [0, 0.1) is 0 Å². The predicted molar refractivity (Wildman–Crippen MR) is 60.9 cm³/mol. The summed E-state index contributed by atoms with van der Waals surface area (Å²) in [5.41, 5.74) is 6.08. The van der Waals surface area contributed by atoms with E-state index in [-0.39, 0.29) is 23.7 Å². The lowest BCUT2D eigenvalue weighted by atomic mass is 10.2. The molecule has 0 spiro atoms. The van der Waals surface area contributed by atoms with Crippen molar-refractivity contribution in [3.63, 3.8) is 0 Å². The first-order valence-electron chi connectivity index (χ1n) is 5.06. The van der Waals surface area contributed by atoms with Crippen LogP contribution in [-0.4, -0.2) is 26.1 Å². The number of hydrogen-bond acceptors (Lipinski definition) is 5. The summed E-state index contributed by atoms with van der Waals surface area (Å²) in [6.07, 6.45) is 1.67. The van der Waals surface area contributed by atoms with E-state index < -0.39 is 0 Å². The van der Waals surface area contributed by atoms with Crippen molar-refractivity contribution < 1.29 is 4.79 Å². The van der Waals surface area contributed by atoms with Crippen molar-refractivity contribution in [3.05, 3.63) is 35.9 Å². The summed E-state index contributed by atoms with van der Waals surface area (Å²) in [6, 6.07) is 5.29. The molecule has 0 aliphatic carbocycles. The lowest BCUT2D eigenvalue weighted by Gasteiger charge is -2.11. The number of rotatable bonds is 3. The van der Waals surface area contributed by atoms with Crippen LogP contribution in [-0.2, 0) is 0 Å². The molecule has 0 fully saturated rings. The average Bonchev–Trinajstić information content (AvgIpc) is 2.77. The molecule has 2 aromatic rings. The van der Waals surface area contributed by atoms with Crippen molar-refractivity contribution in [2.24, 2.45) is 0 Å². The Kier molecular flexibility index (Phi) is 2.99. The predicted octanol–water partition coefficient (Wildman–Crippen LogP) is 0.273. The van der Waals surface area contributed by atoms with Gasteiger partial charge in [0.1, 0.15) is 0 Å². The van der Waals surface area contributed by atoms with E-state index in [1.807, 2.05) is 25.1 Å². The minimum Gasteiger partial charge on any atom is -0.366 e. The number of pyridine rings is 1. The molecule has 0 aromatic carbocycles. The van der Waals surface area contributed by atoms with Gasteiger partial charge in [0.2, 0.25) is 11.8 Å². The van der Waals surface area contributed by atoms with Gasteiger partial charge in [0.05, 0.1) is 11.7 Å². The number of carbonyl (C=O) groups excluding carboxylic acids is 1. The standard InChI is InChI=1S/C10H12N6O/c1-6(7-4-2-3-5-12-7)13-9(17)8-14-10(11)16-15-8/h2-6H,1H3,(H,13,17)(H3,11,14,15,16)/t6-/m1/s1. The number of H-pyrrole nitrogens is 1. The molecule has 0 unspecified atom stereocenters. The van der Waals surface area contributed by atoms with Gasteiger partial charge in [-0.15, -0.1) is 5.10 Å². The number of nitrogens with one attached hydrogen (secondary N) is 2. The molecular weight excluding hydrogens is 220 g/mol. The molecule has 2 aromatic heterocycles. The first-order chi connectivity index (χ1) is 8.16. The molecule has 0 aliphatic rings. The average molecular weight is 232 g/mol. The number of hydrogen-bond donors (Lipinski definition) is 3. The summed E-state index contributed by atoms with van der Waals surface area (Å²) in [5.74, 6) is -0.238. The van der Waals surface area contributed by atoms with Crippen molar-refractivity contribution in [2.45, 2.75) is 13.0 Å². The molecule has 17 heavy (non-hydrogen) atoms. The largest absolute Gasteiger partial charge is 0.366 e. The third-order valence-electron chi connectivity index (χ3n) is 2.20. The molecule has 88 valence electrons. The van der Waals surface area contributed by atoms with Crippen LogP contribution in [0.3, 0.4) is 0 Å². The monoisotopic (exact) mass is 232 g/mol. The zero-order chi connectivity index (χ0) is 12.3. The van der Waals surface area contributed by atoms with E-state index in [1.165, 1.54) is 0 Å². The van der Waals surface area contributed by atoms with Crippen LogP contribution in [0.2, 0.25) is 0 Å². The Morgan fingerprint density at radius 2 is 2.35 bits per heavy atom. The highest BCUT2D eigenvalue weighted by atomic mass is 16.2. The highest BCUT2D eigenvalue weighted by Crippen LogP contribution is 2.08. The molecule has 2 heterocycles. The van der Waals surface area contributed by atoms with Gasteiger partial charge in [-0.2, -0.15) is 4.98 Å². The smallest absolute Gasteiger partial charge is 0.289 e. The Morgan fingerprint density at radius 1 is 1.53 bits per heavy atom. The van der Waals surface area contributed by atoms with Crippen LogP contribution in [0.25, 0.3) is 0 Å². The number of aromatic nitrogens is 4. The lowest BCUT2D eigenvalue weighted by Crippen LogP contribution is -2.28. The number of nitrogens with two attached hydrogens (primary N) is 1. The highest BCUT2D eigenvalue weighted by Gasteiger charge is 2.15. The topological polar surface area (TPSA) is 110 Å². The van der Waals surface area contributed by atoms with Crippen molar-refractivity contribution in [3.8, 4) is 0 Å². The molecule has 0 radical (unpaired) electrons. The van der Waals surface area contributed by atoms with E-state index in [2.05, 4.69) is 25.5 Å². The van der Waals surface area contributed by atoms with Crippen LogP contribution in [0.15, 0.2) is 24.4 Å². The highest BCUT2D eigenvalue weighted by molar-refractivity contribution is 5.90. The molecule has 0 saturated heterocycles. The Bertz CT molecular complexity index is 509. The van der Waals surface area contributed by atoms with E-state index in [0.717, 1.165) is 5.69 Å². The maximum atomic E-state index is 11.7. The first kappa shape index (κ1) is 11.1. The number of carbonyl (C=O) groups is 1. The van der Waals surface area contributed by atoms with Gasteiger partial charge in [0.25, 0.3) is 5.91 Å². The Labute approximate surface area is 97.5 Å². The molecule has 0 aliphatic heterocycles. The number of anilines is 1. The summed E-state index contributed by atoms with van der Waals surface area (Å²) in [7, 11) is 0. The summed E-state index contributed by atoms with van der Waals surface area (Å²) >= 11 is 0. The van der Waals surface area contributed by atoms with Crippen LogP contribution in [0.5, 0.6) is 0 Å². The maximum absolute atomic E-state index is 11.7. The van der Waals surface area contributed by atoms with Crippen molar-refractivity contribution in [1.29, 1.82) is 0 Å². The molecular formula is C10H12N6O. The molecule has 1 atom stereocenters. The zero-order valence-electron chi connectivity index (χ0n) is 9.21. The van der Waals surface area contributed by atoms with Gasteiger partial charge < -0.3 is 11.1 Å². The first-order valence-corrected chi connectivity index (χ1v) is 5.06. The number of nitrogen functional groups attached to an aromatic ring is 1. The third-order valence-corrected chi connectivity index (χ3v) is 2.20. The molecule has 7 heteroatoms. The van der Waals surface area contributed by atoms with Crippen LogP contribution < -0.4 is 11.1 Å². The Morgan fingerprint density at radius 3 is 2.94 bits per heavy atom. The molecule has 4 N–H and O–H groups in total. The maximum Gasteiger partial charge on any atom is 0.289 e. The SMILES string of the molecule is C[C@@H](NC(=O)c1nc(N)n[nH]1)c1ccccn1. The van der Waals surface area contributed by atoms with E-state index in [9.17, 15) is 4.79 Å². The minimum absolute atomic E-state index is 0.0423. The second-order valence-electron chi connectivity index (χ2n) is 3.49. The van der Waals surface area contributed by atoms with Gasteiger partial charge in [0, 0.05) is 6.20 Å². The van der Waals surface area contributed by atoms with Crippen LogP contribution in [0.1, 0.15) is 29.3 Å². The van der Waals surface area contributed by atoms with Crippen molar-refractivity contribution >= 4 is 11.9 Å². The number of aromatic amines is 1.